The van der Waals surface area contributed by atoms with Gasteiger partial charge in [0.15, 0.2) is 5.65 Å². The molecule has 0 radical (unpaired) electrons. The molecule has 0 atom stereocenters. The van der Waals surface area contributed by atoms with Crippen molar-refractivity contribution >= 4 is 27.2 Å². The van der Waals surface area contributed by atoms with Gasteiger partial charge in [-0.05, 0) is 37.4 Å². The molecule has 0 aliphatic heterocycles. The van der Waals surface area contributed by atoms with Crippen LogP contribution in [0.3, 0.4) is 0 Å². The van der Waals surface area contributed by atoms with Crippen LogP contribution in [0.15, 0.2) is 36.1 Å². The number of rotatable bonds is 3. The molecule has 5 rings (SSSR count). The van der Waals surface area contributed by atoms with Gasteiger partial charge in [0.1, 0.15) is 23.5 Å². The van der Waals surface area contributed by atoms with E-state index in [-0.39, 0.29) is 0 Å². The first-order chi connectivity index (χ1) is 12.2. The van der Waals surface area contributed by atoms with Gasteiger partial charge in [-0.25, -0.2) is 19.2 Å². The van der Waals surface area contributed by atoms with Crippen molar-refractivity contribution in [2.45, 2.75) is 20.5 Å². The van der Waals surface area contributed by atoms with Crippen LogP contribution in [0.1, 0.15) is 11.4 Å². The lowest BCUT2D eigenvalue weighted by Gasteiger charge is -2.03. The molecule has 0 N–H and O–H groups in total. The van der Waals surface area contributed by atoms with Crippen LogP contribution in [0.5, 0.6) is 0 Å². The van der Waals surface area contributed by atoms with Gasteiger partial charge >= 0.3 is 0 Å². The zero-order chi connectivity index (χ0) is 17.0. The molecule has 0 aliphatic rings. The van der Waals surface area contributed by atoms with Crippen LogP contribution < -0.4 is 0 Å². The molecule has 0 saturated carbocycles. The molecule has 0 bridgehead atoms. The Morgan fingerprint density at radius 3 is 2.88 bits per heavy atom. The SMILES string of the molecule is Cc1cc(C)n(Cn2ccc(-c3nc4c5ccsc5ncn4n3)n2)n1. The van der Waals surface area contributed by atoms with Crippen molar-refractivity contribution in [3.63, 3.8) is 0 Å². The fourth-order valence-corrected chi connectivity index (χ4v) is 3.62. The summed E-state index contributed by atoms with van der Waals surface area (Å²) in [4.78, 5) is 10.00. The fraction of sp³-hybridized carbons (Fsp3) is 0.188. The molecular formula is C16H14N8S. The van der Waals surface area contributed by atoms with E-state index < -0.39 is 0 Å². The van der Waals surface area contributed by atoms with E-state index >= 15 is 0 Å². The summed E-state index contributed by atoms with van der Waals surface area (Å²) in [5.41, 5.74) is 3.63. The molecule has 0 aromatic carbocycles. The van der Waals surface area contributed by atoms with Crippen molar-refractivity contribution in [2.75, 3.05) is 0 Å². The molecule has 8 nitrogen and oxygen atoms in total. The second kappa shape index (κ2) is 5.21. The van der Waals surface area contributed by atoms with Crippen LogP contribution in [-0.4, -0.2) is 39.1 Å². The third-order valence-corrected chi connectivity index (χ3v) is 4.87. The van der Waals surface area contributed by atoms with Crippen LogP contribution >= 0.6 is 11.3 Å². The number of nitrogens with zero attached hydrogens (tertiary/aromatic N) is 8. The molecule has 5 heterocycles. The van der Waals surface area contributed by atoms with Crippen LogP contribution in [0.25, 0.3) is 27.4 Å². The third-order valence-electron chi connectivity index (χ3n) is 4.05. The van der Waals surface area contributed by atoms with Crippen molar-refractivity contribution in [2.24, 2.45) is 0 Å². The molecule has 0 unspecified atom stereocenters. The van der Waals surface area contributed by atoms with Gasteiger partial charge in [-0.2, -0.15) is 10.2 Å². The smallest absolute Gasteiger partial charge is 0.202 e. The Labute approximate surface area is 146 Å². The minimum absolute atomic E-state index is 0.559. The highest BCUT2D eigenvalue weighted by Crippen LogP contribution is 2.23. The number of thiophene rings is 1. The zero-order valence-corrected chi connectivity index (χ0v) is 14.5. The third kappa shape index (κ3) is 2.31. The summed E-state index contributed by atoms with van der Waals surface area (Å²) in [7, 11) is 0. The topological polar surface area (TPSA) is 78.7 Å². The summed E-state index contributed by atoms with van der Waals surface area (Å²) in [6, 6.07) is 5.98. The van der Waals surface area contributed by atoms with Gasteiger partial charge < -0.3 is 0 Å². The highest BCUT2D eigenvalue weighted by molar-refractivity contribution is 7.16. The molecule has 0 fully saturated rings. The average Bonchev–Trinajstić information content (AvgIpc) is 3.33. The molecule has 124 valence electrons. The maximum Gasteiger partial charge on any atom is 0.202 e. The van der Waals surface area contributed by atoms with Crippen molar-refractivity contribution in [3.05, 3.63) is 47.5 Å². The van der Waals surface area contributed by atoms with E-state index in [9.17, 15) is 0 Å². The van der Waals surface area contributed by atoms with Crippen molar-refractivity contribution in [3.8, 4) is 11.5 Å². The Balaban J connectivity index is 1.52. The molecule has 5 aromatic heterocycles. The van der Waals surface area contributed by atoms with Crippen LogP contribution in [0.4, 0.5) is 0 Å². The number of aryl methyl sites for hydroxylation is 2. The molecule has 0 aliphatic carbocycles. The Bertz CT molecular complexity index is 1210. The first-order valence-corrected chi connectivity index (χ1v) is 8.69. The minimum Gasteiger partial charge on any atom is -0.250 e. The normalized spacial score (nSPS) is 11.8. The minimum atomic E-state index is 0.559. The maximum atomic E-state index is 4.65. The van der Waals surface area contributed by atoms with E-state index in [2.05, 4.69) is 25.3 Å². The van der Waals surface area contributed by atoms with Crippen LogP contribution in [0.2, 0.25) is 0 Å². The second-order valence-corrected chi connectivity index (χ2v) is 6.79. The lowest BCUT2D eigenvalue weighted by Crippen LogP contribution is -2.11. The average molecular weight is 350 g/mol. The summed E-state index contributed by atoms with van der Waals surface area (Å²) >= 11 is 1.59. The lowest BCUT2D eigenvalue weighted by atomic mass is 10.4. The predicted molar refractivity (Wildman–Crippen MR) is 94.5 cm³/mol. The Hall–Kier alpha value is -3.07. The van der Waals surface area contributed by atoms with E-state index in [1.165, 1.54) is 0 Å². The number of hydrogen-bond donors (Lipinski definition) is 0. The summed E-state index contributed by atoms with van der Waals surface area (Å²) in [6.45, 7) is 4.58. The highest BCUT2D eigenvalue weighted by atomic mass is 32.1. The summed E-state index contributed by atoms with van der Waals surface area (Å²) < 4.78 is 5.45. The van der Waals surface area contributed by atoms with Crippen LogP contribution in [-0.2, 0) is 6.67 Å². The van der Waals surface area contributed by atoms with Gasteiger partial charge in [-0.15, -0.1) is 16.4 Å². The first-order valence-electron chi connectivity index (χ1n) is 7.81. The van der Waals surface area contributed by atoms with E-state index in [4.69, 9.17) is 0 Å². The van der Waals surface area contributed by atoms with E-state index in [0.717, 1.165) is 32.9 Å². The molecule has 25 heavy (non-hydrogen) atoms. The van der Waals surface area contributed by atoms with Gasteiger partial charge in [-0.3, -0.25) is 4.68 Å². The number of hydrogen-bond acceptors (Lipinski definition) is 6. The standard InChI is InChI=1S/C16H14N8S/c1-10-7-11(2)24(19-10)9-22-5-3-13(20-22)14-18-15-12-4-6-25-16(12)17-8-23(15)21-14/h3-8H,9H2,1-2H3. The van der Waals surface area contributed by atoms with Gasteiger partial charge in [0.2, 0.25) is 5.82 Å². The van der Waals surface area contributed by atoms with Gasteiger partial charge in [0.25, 0.3) is 0 Å². The quantitative estimate of drug-likeness (QED) is 0.499. The van der Waals surface area contributed by atoms with Crippen molar-refractivity contribution in [1.82, 2.24) is 39.1 Å². The van der Waals surface area contributed by atoms with Gasteiger partial charge in [0, 0.05) is 11.9 Å². The van der Waals surface area contributed by atoms with Crippen molar-refractivity contribution < 1.29 is 0 Å². The first kappa shape index (κ1) is 14.3. The summed E-state index contributed by atoms with van der Waals surface area (Å²) in [6.07, 6.45) is 3.60. The molecular weight excluding hydrogens is 336 g/mol. The lowest BCUT2D eigenvalue weighted by molar-refractivity contribution is 0.492. The second-order valence-electron chi connectivity index (χ2n) is 5.90. The molecule has 5 aromatic rings. The molecule has 0 amide bonds. The number of aromatic nitrogens is 8. The van der Waals surface area contributed by atoms with Crippen LogP contribution in [0, 0.1) is 13.8 Å². The van der Waals surface area contributed by atoms with E-state index in [1.54, 1.807) is 22.2 Å². The van der Waals surface area contributed by atoms with Gasteiger partial charge in [0.05, 0.1) is 11.1 Å². The largest absolute Gasteiger partial charge is 0.250 e. The summed E-state index contributed by atoms with van der Waals surface area (Å²) in [5.74, 6) is 0.590. The van der Waals surface area contributed by atoms with Gasteiger partial charge in [-0.1, -0.05) is 0 Å². The van der Waals surface area contributed by atoms with E-state index in [0.29, 0.717) is 12.5 Å². The molecule has 0 saturated heterocycles. The monoisotopic (exact) mass is 350 g/mol. The molecule has 9 heteroatoms. The van der Waals surface area contributed by atoms with Crippen molar-refractivity contribution in [1.29, 1.82) is 0 Å². The Morgan fingerprint density at radius 1 is 1.12 bits per heavy atom. The molecule has 0 spiro atoms. The highest BCUT2D eigenvalue weighted by Gasteiger charge is 2.13. The Kier molecular flexibility index (Phi) is 2.98. The summed E-state index contributed by atoms with van der Waals surface area (Å²) in [5, 5.41) is 16.6. The zero-order valence-electron chi connectivity index (χ0n) is 13.7. The fourth-order valence-electron chi connectivity index (χ4n) is 2.89. The predicted octanol–water partition coefficient (Wildman–Crippen LogP) is 2.52. The number of fused-ring (bicyclic) bond motifs is 3. The Morgan fingerprint density at radius 2 is 2.04 bits per heavy atom. The van der Waals surface area contributed by atoms with E-state index in [1.807, 2.05) is 53.0 Å². The maximum absolute atomic E-state index is 4.65.